The molecule has 0 atom stereocenters. The molecular formula is C11H20N2O. The Morgan fingerprint density at radius 3 is 2.57 bits per heavy atom. The second-order valence-electron chi connectivity index (χ2n) is 3.59. The molecule has 0 spiro atoms. The summed E-state index contributed by atoms with van der Waals surface area (Å²) in [6.45, 7) is 8.52. The second-order valence-corrected chi connectivity index (χ2v) is 3.59. The fourth-order valence-electron chi connectivity index (χ4n) is 1.65. The lowest BCUT2D eigenvalue weighted by Crippen LogP contribution is -2.31. The first kappa shape index (κ1) is 11.2. The van der Waals surface area contributed by atoms with Gasteiger partial charge in [-0.25, -0.2) is 0 Å². The molecule has 3 heteroatoms. The highest BCUT2D eigenvalue weighted by molar-refractivity contribution is 5.92. The number of rotatable bonds is 6. The summed E-state index contributed by atoms with van der Waals surface area (Å²) in [4.78, 5) is 13.3. The third-order valence-corrected chi connectivity index (χ3v) is 2.65. The number of hydrogen-bond acceptors (Lipinski definition) is 3. The largest absolute Gasteiger partial charge is 0.387 e. The lowest BCUT2D eigenvalue weighted by molar-refractivity contribution is -0.114. The molecule has 0 saturated carbocycles. The predicted molar refractivity (Wildman–Crippen MR) is 58.1 cm³/mol. The van der Waals surface area contributed by atoms with E-state index in [4.69, 9.17) is 0 Å². The fraction of sp³-hybridized carbons (Fsp3) is 0.727. The second kappa shape index (κ2) is 5.81. The molecule has 0 aliphatic heterocycles. The van der Waals surface area contributed by atoms with Gasteiger partial charge in [-0.2, -0.15) is 0 Å². The van der Waals surface area contributed by atoms with E-state index in [0.29, 0.717) is 6.42 Å². The van der Waals surface area contributed by atoms with Crippen molar-refractivity contribution in [1.29, 1.82) is 0 Å². The van der Waals surface area contributed by atoms with E-state index in [1.807, 2.05) is 0 Å². The average molecular weight is 196 g/mol. The van der Waals surface area contributed by atoms with Gasteiger partial charge >= 0.3 is 0 Å². The van der Waals surface area contributed by atoms with Crippen molar-refractivity contribution in [3.05, 3.63) is 11.8 Å². The zero-order valence-electron chi connectivity index (χ0n) is 9.18. The van der Waals surface area contributed by atoms with Crippen LogP contribution in [0.2, 0.25) is 0 Å². The molecule has 0 radical (unpaired) electrons. The van der Waals surface area contributed by atoms with Crippen LogP contribution in [0.25, 0.3) is 0 Å². The number of nitrogens with one attached hydrogen (secondary N) is 1. The van der Waals surface area contributed by atoms with Crippen LogP contribution in [0.3, 0.4) is 0 Å². The van der Waals surface area contributed by atoms with Crippen molar-refractivity contribution in [1.82, 2.24) is 10.2 Å². The van der Waals surface area contributed by atoms with Crippen molar-refractivity contribution in [3.63, 3.8) is 0 Å². The summed E-state index contributed by atoms with van der Waals surface area (Å²) in [7, 11) is 0. The Labute approximate surface area is 86.2 Å². The molecular weight excluding hydrogens is 176 g/mol. The summed E-state index contributed by atoms with van der Waals surface area (Å²) < 4.78 is 0. The number of carbonyl (C=O) groups is 1. The van der Waals surface area contributed by atoms with Crippen LogP contribution >= 0.6 is 0 Å². The number of carbonyl (C=O) groups excluding carboxylic acids is 1. The third-order valence-electron chi connectivity index (χ3n) is 2.65. The Kier molecular flexibility index (Phi) is 4.66. The number of ketones is 1. The van der Waals surface area contributed by atoms with Crippen molar-refractivity contribution < 1.29 is 4.79 Å². The minimum atomic E-state index is 0.260. The number of nitrogens with zero attached hydrogens (tertiary/aromatic N) is 1. The molecule has 0 fully saturated rings. The van der Waals surface area contributed by atoms with Crippen molar-refractivity contribution in [3.8, 4) is 0 Å². The molecule has 3 nitrogen and oxygen atoms in total. The molecule has 0 bridgehead atoms. The van der Waals surface area contributed by atoms with Gasteiger partial charge in [-0.1, -0.05) is 13.8 Å². The Morgan fingerprint density at radius 1 is 1.36 bits per heavy atom. The summed E-state index contributed by atoms with van der Waals surface area (Å²) in [5.41, 5.74) is 1.11. The van der Waals surface area contributed by atoms with E-state index in [-0.39, 0.29) is 5.78 Å². The summed E-state index contributed by atoms with van der Waals surface area (Å²) in [5, 5.41) is 3.31. The predicted octanol–water partition coefficient (Wildman–Crippen LogP) is 1.16. The van der Waals surface area contributed by atoms with Crippen molar-refractivity contribution >= 4 is 5.78 Å². The van der Waals surface area contributed by atoms with Crippen molar-refractivity contribution in [2.24, 2.45) is 0 Å². The van der Waals surface area contributed by atoms with Gasteiger partial charge in [0, 0.05) is 31.3 Å². The van der Waals surface area contributed by atoms with Crippen LogP contribution in [0.15, 0.2) is 11.8 Å². The highest BCUT2D eigenvalue weighted by atomic mass is 16.1. The van der Waals surface area contributed by atoms with Crippen LogP contribution in [0.5, 0.6) is 0 Å². The lowest BCUT2D eigenvalue weighted by atomic mass is 10.3. The Morgan fingerprint density at radius 2 is 2.07 bits per heavy atom. The molecule has 0 heterocycles. The van der Waals surface area contributed by atoms with Gasteiger partial charge in [0.1, 0.15) is 0 Å². The molecule has 1 rings (SSSR count). The zero-order valence-corrected chi connectivity index (χ0v) is 9.18. The quantitative estimate of drug-likeness (QED) is 0.692. The topological polar surface area (TPSA) is 32.3 Å². The SMILES string of the molecule is CCN(CC)CCNC1=CC(=O)CC1. The maximum Gasteiger partial charge on any atom is 0.157 e. The molecule has 0 aromatic heterocycles. The Bertz CT molecular complexity index is 219. The van der Waals surface area contributed by atoms with Crippen LogP contribution in [0, 0.1) is 0 Å². The van der Waals surface area contributed by atoms with Gasteiger partial charge in [-0.15, -0.1) is 0 Å². The van der Waals surface area contributed by atoms with Crippen LogP contribution in [0.1, 0.15) is 26.7 Å². The lowest BCUT2D eigenvalue weighted by Gasteiger charge is -2.18. The maximum atomic E-state index is 10.9. The number of hydrogen-bond donors (Lipinski definition) is 1. The molecule has 0 unspecified atom stereocenters. The first-order valence-electron chi connectivity index (χ1n) is 5.46. The van der Waals surface area contributed by atoms with E-state index in [1.54, 1.807) is 6.08 Å². The standard InChI is InChI=1S/C11H20N2O/c1-3-13(4-2)8-7-12-10-5-6-11(14)9-10/h9,12H,3-8H2,1-2H3. The normalized spacial score (nSPS) is 16.2. The molecule has 0 amide bonds. The van der Waals surface area contributed by atoms with Crippen molar-refractivity contribution in [2.75, 3.05) is 26.2 Å². The van der Waals surface area contributed by atoms with E-state index in [1.165, 1.54) is 0 Å². The highest BCUT2D eigenvalue weighted by Gasteiger charge is 2.10. The van der Waals surface area contributed by atoms with E-state index in [0.717, 1.165) is 38.3 Å². The average Bonchev–Trinajstić information content (AvgIpc) is 2.59. The van der Waals surface area contributed by atoms with Gasteiger partial charge in [0.2, 0.25) is 0 Å². The molecule has 1 aliphatic carbocycles. The summed E-state index contributed by atoms with van der Waals surface area (Å²) in [5.74, 6) is 0.260. The van der Waals surface area contributed by atoms with Crippen molar-refractivity contribution in [2.45, 2.75) is 26.7 Å². The third kappa shape index (κ3) is 3.50. The summed E-state index contributed by atoms with van der Waals surface area (Å²) in [6.07, 6.45) is 3.33. The van der Waals surface area contributed by atoms with Gasteiger partial charge < -0.3 is 10.2 Å². The molecule has 0 saturated heterocycles. The minimum absolute atomic E-state index is 0.260. The van der Waals surface area contributed by atoms with E-state index < -0.39 is 0 Å². The number of likely N-dealkylation sites (N-methyl/N-ethyl adjacent to an activating group) is 1. The van der Waals surface area contributed by atoms with E-state index in [9.17, 15) is 4.79 Å². The first-order valence-corrected chi connectivity index (χ1v) is 5.46. The van der Waals surface area contributed by atoms with Gasteiger partial charge in [0.15, 0.2) is 5.78 Å². The van der Waals surface area contributed by atoms with Gasteiger partial charge in [-0.05, 0) is 19.5 Å². The van der Waals surface area contributed by atoms with Crippen LogP contribution in [-0.4, -0.2) is 36.9 Å². The van der Waals surface area contributed by atoms with Crippen LogP contribution in [0.4, 0.5) is 0 Å². The monoisotopic (exact) mass is 196 g/mol. The Hall–Kier alpha value is -0.830. The van der Waals surface area contributed by atoms with Gasteiger partial charge in [0.25, 0.3) is 0 Å². The Balaban J connectivity index is 2.15. The highest BCUT2D eigenvalue weighted by Crippen LogP contribution is 2.11. The fourth-order valence-corrected chi connectivity index (χ4v) is 1.65. The zero-order chi connectivity index (χ0) is 10.4. The van der Waals surface area contributed by atoms with Crippen LogP contribution < -0.4 is 5.32 Å². The molecule has 80 valence electrons. The molecule has 1 N–H and O–H groups in total. The maximum absolute atomic E-state index is 10.9. The molecule has 0 aromatic rings. The molecule has 14 heavy (non-hydrogen) atoms. The van der Waals surface area contributed by atoms with Gasteiger partial charge in [0.05, 0.1) is 0 Å². The molecule has 1 aliphatic rings. The summed E-state index contributed by atoms with van der Waals surface area (Å²) in [6, 6.07) is 0. The number of allylic oxidation sites excluding steroid dienone is 2. The smallest absolute Gasteiger partial charge is 0.157 e. The van der Waals surface area contributed by atoms with E-state index in [2.05, 4.69) is 24.1 Å². The minimum Gasteiger partial charge on any atom is -0.387 e. The van der Waals surface area contributed by atoms with Crippen LogP contribution in [-0.2, 0) is 4.79 Å². The van der Waals surface area contributed by atoms with E-state index >= 15 is 0 Å². The first-order chi connectivity index (χ1) is 6.76. The van der Waals surface area contributed by atoms with Gasteiger partial charge in [-0.3, -0.25) is 4.79 Å². The summed E-state index contributed by atoms with van der Waals surface area (Å²) >= 11 is 0. The molecule has 0 aromatic carbocycles.